The molecule has 0 atom stereocenters. The molecule has 0 spiro atoms. The molecule has 9 heteroatoms. The Hall–Kier alpha value is -2.13. The molecule has 1 aromatic heterocycles. The fourth-order valence-corrected chi connectivity index (χ4v) is 3.32. The largest absolute Gasteiger partial charge is 0.497 e. The zero-order valence-electron chi connectivity index (χ0n) is 14.8. The van der Waals surface area contributed by atoms with E-state index in [0.29, 0.717) is 33.8 Å². The van der Waals surface area contributed by atoms with Crippen molar-refractivity contribution in [3.05, 3.63) is 40.3 Å². The number of hydrogen-bond acceptors (Lipinski definition) is 7. The lowest BCUT2D eigenvalue weighted by molar-refractivity contribution is -0.113. The van der Waals surface area contributed by atoms with Gasteiger partial charge in [-0.15, -0.1) is 0 Å². The van der Waals surface area contributed by atoms with Gasteiger partial charge in [0, 0.05) is 17.9 Å². The molecule has 1 heterocycles. The molecule has 0 aliphatic heterocycles. The zero-order chi connectivity index (χ0) is 18.9. The number of nitrogens with one attached hydrogen (secondary N) is 2. The average Bonchev–Trinajstić information content (AvgIpc) is 2.64. The van der Waals surface area contributed by atoms with Gasteiger partial charge in [0.25, 0.3) is 5.56 Å². The molecule has 1 amide bonds. The van der Waals surface area contributed by atoms with E-state index < -0.39 is 0 Å². The number of H-pyrrole nitrogens is 1. The molecule has 2 N–H and O–H groups in total. The van der Waals surface area contributed by atoms with E-state index in [1.54, 1.807) is 37.1 Å². The Kier molecular flexibility index (Phi) is 7.86. The maximum Gasteiger partial charge on any atom is 0.251 e. The van der Waals surface area contributed by atoms with E-state index in [4.69, 9.17) is 9.47 Å². The molecule has 2 rings (SSSR count). The lowest BCUT2D eigenvalue weighted by Gasteiger charge is -2.11. The summed E-state index contributed by atoms with van der Waals surface area (Å²) in [5.74, 6) is 2.63. The second-order valence-electron chi connectivity index (χ2n) is 5.08. The lowest BCUT2D eigenvalue weighted by Crippen LogP contribution is -2.16. The smallest absolute Gasteiger partial charge is 0.251 e. The van der Waals surface area contributed by atoms with E-state index in [1.807, 2.05) is 6.92 Å². The van der Waals surface area contributed by atoms with Gasteiger partial charge in [0.05, 0.1) is 31.4 Å². The van der Waals surface area contributed by atoms with Crippen LogP contribution in [-0.2, 0) is 10.5 Å². The van der Waals surface area contributed by atoms with Gasteiger partial charge in [0.15, 0.2) is 5.16 Å². The predicted octanol–water partition coefficient (Wildman–Crippen LogP) is 2.77. The number of ether oxygens (including phenoxy) is 2. The summed E-state index contributed by atoms with van der Waals surface area (Å²) in [6.07, 6.45) is 0. The normalized spacial score (nSPS) is 10.4. The third-order valence-corrected chi connectivity index (χ3v) is 5.03. The fraction of sp³-hybridized carbons (Fsp3) is 0.353. The molecule has 0 radical (unpaired) electrons. The Labute approximate surface area is 160 Å². The SMILES string of the molecule is CCSCc1cc(=O)[nH]c(SCC(=O)Nc2cc(OC)ccc2OC)n1. The van der Waals surface area contributed by atoms with E-state index >= 15 is 0 Å². The van der Waals surface area contributed by atoms with Crippen molar-refractivity contribution in [1.29, 1.82) is 0 Å². The quantitative estimate of drug-likeness (QED) is 0.498. The van der Waals surface area contributed by atoms with Crippen LogP contribution in [0.1, 0.15) is 12.6 Å². The summed E-state index contributed by atoms with van der Waals surface area (Å²) in [5.41, 5.74) is 1.01. The molecule has 2 aromatic rings. The number of rotatable bonds is 9. The molecule has 0 unspecified atom stereocenters. The highest BCUT2D eigenvalue weighted by Gasteiger charge is 2.11. The van der Waals surface area contributed by atoms with Gasteiger partial charge in [-0.25, -0.2) is 4.98 Å². The van der Waals surface area contributed by atoms with Crippen molar-refractivity contribution in [2.75, 3.05) is 31.0 Å². The minimum absolute atomic E-state index is 0.105. The van der Waals surface area contributed by atoms with Crippen LogP contribution in [0.2, 0.25) is 0 Å². The zero-order valence-corrected chi connectivity index (χ0v) is 16.5. The number of thioether (sulfide) groups is 2. The maximum atomic E-state index is 12.2. The van der Waals surface area contributed by atoms with Crippen LogP contribution < -0.4 is 20.3 Å². The van der Waals surface area contributed by atoms with E-state index in [2.05, 4.69) is 15.3 Å². The first-order chi connectivity index (χ1) is 12.5. The number of hydrogen-bond donors (Lipinski definition) is 2. The predicted molar refractivity (Wildman–Crippen MR) is 106 cm³/mol. The Bertz CT molecular complexity index is 811. The molecular weight excluding hydrogens is 374 g/mol. The van der Waals surface area contributed by atoms with E-state index in [-0.39, 0.29) is 17.2 Å². The van der Waals surface area contributed by atoms with Gasteiger partial charge in [-0.2, -0.15) is 11.8 Å². The number of anilines is 1. The van der Waals surface area contributed by atoms with Crippen molar-refractivity contribution in [3.8, 4) is 11.5 Å². The summed E-state index contributed by atoms with van der Waals surface area (Å²) in [4.78, 5) is 31.0. The molecule has 7 nitrogen and oxygen atoms in total. The minimum Gasteiger partial charge on any atom is -0.497 e. The van der Waals surface area contributed by atoms with Gasteiger partial charge in [-0.3, -0.25) is 9.59 Å². The summed E-state index contributed by atoms with van der Waals surface area (Å²) in [5, 5.41) is 3.21. The third kappa shape index (κ3) is 5.99. The number of aromatic amines is 1. The van der Waals surface area contributed by atoms with Crippen LogP contribution in [0.25, 0.3) is 0 Å². The molecule has 0 fully saturated rings. The summed E-state index contributed by atoms with van der Waals surface area (Å²) in [7, 11) is 3.08. The van der Waals surface area contributed by atoms with Crippen LogP contribution in [0.4, 0.5) is 5.69 Å². The van der Waals surface area contributed by atoms with Gasteiger partial charge in [0.2, 0.25) is 5.91 Å². The maximum absolute atomic E-state index is 12.2. The number of carbonyl (C=O) groups is 1. The van der Waals surface area contributed by atoms with Crippen molar-refractivity contribution >= 4 is 35.1 Å². The number of benzene rings is 1. The van der Waals surface area contributed by atoms with Crippen molar-refractivity contribution in [2.24, 2.45) is 0 Å². The minimum atomic E-state index is -0.238. The molecule has 0 bridgehead atoms. The van der Waals surface area contributed by atoms with Crippen LogP contribution in [-0.4, -0.2) is 41.6 Å². The molecule has 26 heavy (non-hydrogen) atoms. The van der Waals surface area contributed by atoms with Crippen molar-refractivity contribution in [2.45, 2.75) is 17.8 Å². The van der Waals surface area contributed by atoms with Crippen LogP contribution in [0.5, 0.6) is 11.5 Å². The van der Waals surface area contributed by atoms with Gasteiger partial charge < -0.3 is 19.8 Å². The Balaban J connectivity index is 2.01. The van der Waals surface area contributed by atoms with Crippen LogP contribution in [0.15, 0.2) is 34.2 Å². The van der Waals surface area contributed by atoms with Crippen LogP contribution in [0.3, 0.4) is 0 Å². The van der Waals surface area contributed by atoms with Gasteiger partial charge >= 0.3 is 0 Å². The topological polar surface area (TPSA) is 93.3 Å². The standard InChI is InChI=1S/C17H21N3O4S2/c1-4-25-9-11-7-15(21)20-17(18-11)26-10-16(22)19-13-8-12(23-2)5-6-14(13)24-3/h5-8H,4,9-10H2,1-3H3,(H,19,22)(H,18,20,21). The summed E-state index contributed by atoms with van der Waals surface area (Å²) in [6, 6.07) is 6.63. The van der Waals surface area contributed by atoms with E-state index in [9.17, 15) is 9.59 Å². The molecule has 1 aromatic carbocycles. The summed E-state index contributed by atoms with van der Waals surface area (Å²) >= 11 is 2.86. The molecule has 0 saturated heterocycles. The molecule has 140 valence electrons. The first-order valence-corrected chi connectivity index (χ1v) is 10.0. The van der Waals surface area contributed by atoms with Gasteiger partial charge in [-0.05, 0) is 17.9 Å². The average molecular weight is 396 g/mol. The summed E-state index contributed by atoms with van der Waals surface area (Å²) < 4.78 is 10.4. The molecule has 0 aliphatic carbocycles. The second-order valence-corrected chi connectivity index (χ2v) is 7.32. The lowest BCUT2D eigenvalue weighted by atomic mass is 10.2. The Morgan fingerprint density at radius 1 is 1.27 bits per heavy atom. The first kappa shape index (κ1) is 20.2. The van der Waals surface area contributed by atoms with Crippen molar-refractivity contribution < 1.29 is 14.3 Å². The monoisotopic (exact) mass is 395 g/mol. The number of methoxy groups -OCH3 is 2. The molecular formula is C17H21N3O4S2. The first-order valence-electron chi connectivity index (χ1n) is 7.88. The van der Waals surface area contributed by atoms with Crippen LogP contribution in [0, 0.1) is 0 Å². The molecule has 0 saturated carbocycles. The number of carbonyl (C=O) groups excluding carboxylic acids is 1. The summed E-state index contributed by atoms with van der Waals surface area (Å²) in [6.45, 7) is 2.05. The number of amides is 1. The van der Waals surface area contributed by atoms with Gasteiger partial charge in [-0.1, -0.05) is 18.7 Å². The number of nitrogens with zero attached hydrogens (tertiary/aromatic N) is 1. The third-order valence-electron chi connectivity index (χ3n) is 3.25. The fourth-order valence-electron chi connectivity index (χ4n) is 2.06. The van der Waals surface area contributed by atoms with Crippen molar-refractivity contribution in [3.63, 3.8) is 0 Å². The van der Waals surface area contributed by atoms with E-state index in [0.717, 1.165) is 5.75 Å². The second kappa shape index (κ2) is 10.1. The highest BCUT2D eigenvalue weighted by atomic mass is 32.2. The van der Waals surface area contributed by atoms with Crippen LogP contribution >= 0.6 is 23.5 Å². The number of aromatic nitrogens is 2. The van der Waals surface area contributed by atoms with Crippen molar-refractivity contribution in [1.82, 2.24) is 9.97 Å². The highest BCUT2D eigenvalue weighted by Crippen LogP contribution is 2.29. The Morgan fingerprint density at radius 3 is 2.77 bits per heavy atom. The molecule has 0 aliphatic rings. The highest BCUT2D eigenvalue weighted by molar-refractivity contribution is 7.99. The Morgan fingerprint density at radius 2 is 2.08 bits per heavy atom. The van der Waals surface area contributed by atoms with E-state index in [1.165, 1.54) is 24.9 Å². The van der Waals surface area contributed by atoms with Gasteiger partial charge in [0.1, 0.15) is 11.5 Å².